The van der Waals surface area contributed by atoms with Gasteiger partial charge in [-0.3, -0.25) is 4.84 Å². The van der Waals surface area contributed by atoms with Crippen LogP contribution in [0.15, 0.2) is 12.5 Å². The lowest BCUT2D eigenvalue weighted by molar-refractivity contribution is 0.230. The summed E-state index contributed by atoms with van der Waals surface area (Å²) in [6, 6.07) is 0. The minimum absolute atomic E-state index is 0.160. The van der Waals surface area contributed by atoms with E-state index in [1.807, 2.05) is 0 Å². The second-order valence-electron chi connectivity index (χ2n) is 2.03. The van der Waals surface area contributed by atoms with E-state index < -0.39 is 0 Å². The van der Waals surface area contributed by atoms with E-state index in [1.165, 1.54) is 19.6 Å². The van der Waals surface area contributed by atoms with Crippen molar-refractivity contribution in [2.24, 2.45) is 0 Å². The van der Waals surface area contributed by atoms with Crippen LogP contribution in [0.25, 0.3) is 0 Å². The van der Waals surface area contributed by atoms with E-state index in [0.717, 1.165) is 0 Å². The molecule has 0 amide bonds. The molecule has 0 atom stereocenters. The van der Waals surface area contributed by atoms with Gasteiger partial charge in [-0.1, -0.05) is 5.92 Å². The molecule has 0 unspecified atom stereocenters. The number of ether oxygens (including phenoxy) is 1. The SMILES string of the molecule is C#CCONc1ncncc1OC. The van der Waals surface area contributed by atoms with Crippen molar-refractivity contribution in [1.29, 1.82) is 0 Å². The van der Waals surface area contributed by atoms with Crippen LogP contribution in [-0.2, 0) is 4.84 Å². The van der Waals surface area contributed by atoms with E-state index in [9.17, 15) is 0 Å². The highest BCUT2D eigenvalue weighted by Gasteiger charge is 2.01. The fourth-order valence-corrected chi connectivity index (χ4v) is 0.689. The van der Waals surface area contributed by atoms with E-state index >= 15 is 0 Å². The first-order chi connectivity index (χ1) is 6.38. The van der Waals surface area contributed by atoms with Crippen LogP contribution in [0.1, 0.15) is 0 Å². The molecule has 0 bridgehead atoms. The first kappa shape index (κ1) is 9.29. The molecule has 1 heterocycles. The fraction of sp³-hybridized carbons (Fsp3) is 0.250. The predicted molar refractivity (Wildman–Crippen MR) is 47.0 cm³/mol. The number of methoxy groups -OCH3 is 1. The van der Waals surface area contributed by atoms with Crippen LogP contribution >= 0.6 is 0 Å². The summed E-state index contributed by atoms with van der Waals surface area (Å²) in [5.41, 5.74) is 2.55. The van der Waals surface area contributed by atoms with Gasteiger partial charge in [-0.2, -0.15) is 0 Å². The van der Waals surface area contributed by atoms with Crippen LogP contribution in [0.5, 0.6) is 5.75 Å². The molecule has 68 valence electrons. The molecule has 1 rings (SSSR count). The van der Waals surface area contributed by atoms with Gasteiger partial charge in [0.1, 0.15) is 12.9 Å². The highest BCUT2D eigenvalue weighted by molar-refractivity contribution is 5.45. The molecule has 0 aromatic carbocycles. The number of nitrogens with zero attached hydrogens (tertiary/aromatic N) is 2. The van der Waals surface area contributed by atoms with E-state index in [1.54, 1.807) is 0 Å². The normalized spacial score (nSPS) is 8.92. The second kappa shape index (κ2) is 4.95. The average Bonchev–Trinajstić information content (AvgIpc) is 2.19. The summed E-state index contributed by atoms with van der Waals surface area (Å²) < 4.78 is 4.96. The van der Waals surface area contributed by atoms with Gasteiger partial charge in [-0.25, -0.2) is 15.4 Å². The number of anilines is 1. The fourth-order valence-electron chi connectivity index (χ4n) is 0.689. The van der Waals surface area contributed by atoms with Crippen molar-refractivity contribution in [3.63, 3.8) is 0 Å². The molecule has 1 aromatic rings. The third-order valence-electron chi connectivity index (χ3n) is 1.22. The highest BCUT2D eigenvalue weighted by atomic mass is 16.6. The number of rotatable bonds is 4. The van der Waals surface area contributed by atoms with Gasteiger partial charge in [0.15, 0.2) is 11.6 Å². The summed E-state index contributed by atoms with van der Waals surface area (Å²) in [7, 11) is 1.52. The molecule has 0 radical (unpaired) electrons. The molecule has 13 heavy (non-hydrogen) atoms. The summed E-state index contributed by atoms with van der Waals surface area (Å²) in [5, 5.41) is 0. The Morgan fingerprint density at radius 3 is 3.23 bits per heavy atom. The molecule has 1 N–H and O–H groups in total. The molecule has 0 saturated carbocycles. The van der Waals surface area contributed by atoms with Crippen LogP contribution in [0.2, 0.25) is 0 Å². The maximum atomic E-state index is 4.98. The zero-order valence-electron chi connectivity index (χ0n) is 7.15. The van der Waals surface area contributed by atoms with Gasteiger partial charge in [-0.15, -0.1) is 6.42 Å². The van der Waals surface area contributed by atoms with Gasteiger partial charge in [0.25, 0.3) is 0 Å². The Hall–Kier alpha value is -1.80. The van der Waals surface area contributed by atoms with Crippen molar-refractivity contribution in [3.8, 4) is 18.1 Å². The van der Waals surface area contributed by atoms with Crippen molar-refractivity contribution in [3.05, 3.63) is 12.5 Å². The number of hydrogen-bond acceptors (Lipinski definition) is 5. The Labute approximate surface area is 76.1 Å². The summed E-state index contributed by atoms with van der Waals surface area (Å²) in [4.78, 5) is 12.5. The standard InChI is InChI=1S/C8H9N3O2/c1-3-4-13-11-8-7(12-2)5-9-6-10-8/h1,5-6H,4H2,2H3,(H,9,10,11). The van der Waals surface area contributed by atoms with Crippen LogP contribution < -0.4 is 10.2 Å². The first-order valence-corrected chi connectivity index (χ1v) is 3.53. The summed E-state index contributed by atoms with van der Waals surface area (Å²) >= 11 is 0. The van der Waals surface area contributed by atoms with Gasteiger partial charge in [-0.05, 0) is 0 Å². The van der Waals surface area contributed by atoms with Gasteiger partial charge in [0.05, 0.1) is 13.3 Å². The number of terminal acetylenes is 1. The topological polar surface area (TPSA) is 56.3 Å². The Morgan fingerprint density at radius 2 is 2.54 bits per heavy atom. The van der Waals surface area contributed by atoms with Crippen molar-refractivity contribution in [1.82, 2.24) is 9.97 Å². The van der Waals surface area contributed by atoms with Gasteiger partial charge >= 0.3 is 0 Å². The molecule has 5 nitrogen and oxygen atoms in total. The number of nitrogens with one attached hydrogen (secondary N) is 1. The largest absolute Gasteiger partial charge is 0.491 e. The first-order valence-electron chi connectivity index (χ1n) is 3.53. The molecule has 0 spiro atoms. The molecule has 5 heteroatoms. The molecule has 0 aliphatic carbocycles. The molecular weight excluding hydrogens is 170 g/mol. The monoisotopic (exact) mass is 179 g/mol. The lowest BCUT2D eigenvalue weighted by atomic mass is 10.5. The van der Waals surface area contributed by atoms with E-state index in [-0.39, 0.29) is 6.61 Å². The third kappa shape index (κ3) is 2.61. The molecule has 0 aliphatic rings. The Balaban J connectivity index is 2.60. The Bertz CT molecular complexity index is 309. The molecule has 0 saturated heterocycles. The molecule has 0 fully saturated rings. The Morgan fingerprint density at radius 1 is 1.69 bits per heavy atom. The van der Waals surface area contributed by atoms with E-state index in [2.05, 4.69) is 21.4 Å². The highest BCUT2D eigenvalue weighted by Crippen LogP contribution is 2.17. The van der Waals surface area contributed by atoms with Gasteiger partial charge in [0.2, 0.25) is 0 Å². The maximum absolute atomic E-state index is 4.98. The van der Waals surface area contributed by atoms with Crippen LogP contribution in [0.4, 0.5) is 5.82 Å². The summed E-state index contributed by atoms with van der Waals surface area (Å²) in [5.74, 6) is 3.26. The maximum Gasteiger partial charge on any atom is 0.196 e. The van der Waals surface area contributed by atoms with Crippen molar-refractivity contribution >= 4 is 5.82 Å². The Kier molecular flexibility index (Phi) is 3.54. The second-order valence-corrected chi connectivity index (χ2v) is 2.03. The smallest absolute Gasteiger partial charge is 0.196 e. The number of aromatic nitrogens is 2. The summed E-state index contributed by atoms with van der Waals surface area (Å²) in [6.07, 6.45) is 7.89. The van der Waals surface area contributed by atoms with Crippen LogP contribution in [0.3, 0.4) is 0 Å². The zero-order valence-corrected chi connectivity index (χ0v) is 7.15. The predicted octanol–water partition coefficient (Wildman–Crippen LogP) is 0.462. The van der Waals surface area contributed by atoms with Crippen LogP contribution in [-0.4, -0.2) is 23.7 Å². The van der Waals surface area contributed by atoms with E-state index in [0.29, 0.717) is 11.6 Å². The van der Waals surface area contributed by atoms with Crippen LogP contribution in [0, 0.1) is 12.3 Å². The molecule has 0 aliphatic heterocycles. The average molecular weight is 179 g/mol. The summed E-state index contributed by atoms with van der Waals surface area (Å²) in [6.45, 7) is 0.160. The lowest BCUT2D eigenvalue weighted by Gasteiger charge is -2.06. The minimum atomic E-state index is 0.160. The molecule has 1 aromatic heterocycles. The van der Waals surface area contributed by atoms with Gasteiger partial charge < -0.3 is 4.74 Å². The minimum Gasteiger partial charge on any atom is -0.491 e. The third-order valence-corrected chi connectivity index (χ3v) is 1.22. The number of hydrogen-bond donors (Lipinski definition) is 1. The van der Waals surface area contributed by atoms with Crippen molar-refractivity contribution in [2.45, 2.75) is 0 Å². The van der Waals surface area contributed by atoms with Gasteiger partial charge in [0, 0.05) is 0 Å². The van der Waals surface area contributed by atoms with E-state index in [4.69, 9.17) is 16.0 Å². The lowest BCUT2D eigenvalue weighted by Crippen LogP contribution is -2.04. The quantitative estimate of drug-likeness (QED) is 0.413. The zero-order chi connectivity index (χ0) is 9.52. The molecular formula is C8H9N3O2. The van der Waals surface area contributed by atoms with Crippen molar-refractivity contribution < 1.29 is 9.57 Å². The van der Waals surface area contributed by atoms with Crippen molar-refractivity contribution in [2.75, 3.05) is 19.2 Å².